The monoisotopic (exact) mass is 405 g/mol. The van der Waals surface area contributed by atoms with E-state index in [1.54, 1.807) is 45.2 Å². The van der Waals surface area contributed by atoms with E-state index in [0.29, 0.717) is 11.4 Å². The van der Waals surface area contributed by atoms with Crippen molar-refractivity contribution in [1.82, 2.24) is 5.32 Å². The molecule has 2 rings (SSSR count). The van der Waals surface area contributed by atoms with Crippen LogP contribution in [0.25, 0.3) is 0 Å². The van der Waals surface area contributed by atoms with Gasteiger partial charge in [0.15, 0.2) is 0 Å². The maximum atomic E-state index is 12.6. The van der Waals surface area contributed by atoms with Gasteiger partial charge in [0.05, 0.1) is 12.0 Å². The smallest absolute Gasteiger partial charge is 0.288 e. The minimum atomic E-state index is -0.843. The van der Waals surface area contributed by atoms with Gasteiger partial charge in [-0.3, -0.25) is 19.7 Å². The zero-order chi connectivity index (χ0) is 20.8. The Labute approximate surface area is 167 Å². The lowest BCUT2D eigenvalue weighted by molar-refractivity contribution is -0.384. The lowest BCUT2D eigenvalue weighted by atomic mass is 10.0. The van der Waals surface area contributed by atoms with Crippen molar-refractivity contribution < 1.29 is 19.2 Å². The first kappa shape index (κ1) is 21.2. The van der Waals surface area contributed by atoms with Gasteiger partial charge in [0.1, 0.15) is 16.8 Å². The van der Waals surface area contributed by atoms with Gasteiger partial charge >= 0.3 is 0 Å². The van der Waals surface area contributed by atoms with Crippen molar-refractivity contribution in [2.24, 2.45) is 5.92 Å². The topological polar surface area (TPSA) is 111 Å². The number of nitrogens with zero attached hydrogens (tertiary/aromatic N) is 1. The molecule has 0 unspecified atom stereocenters. The SMILES string of the molecule is COc1ccc(NC(=O)[C@@H](NC(=O)c2ccc(Cl)c([N+](=O)[O-])c2)C(C)C)cc1. The molecule has 0 bridgehead atoms. The van der Waals surface area contributed by atoms with Crippen molar-refractivity contribution >= 4 is 34.8 Å². The summed E-state index contributed by atoms with van der Waals surface area (Å²) >= 11 is 5.77. The number of anilines is 1. The second kappa shape index (κ2) is 9.18. The number of hydrogen-bond donors (Lipinski definition) is 2. The van der Waals surface area contributed by atoms with Crippen molar-refractivity contribution in [1.29, 1.82) is 0 Å². The third kappa shape index (κ3) is 5.20. The number of amides is 2. The quantitative estimate of drug-likeness (QED) is 0.539. The molecule has 2 amide bonds. The molecule has 0 spiro atoms. The maximum absolute atomic E-state index is 12.6. The predicted octanol–water partition coefficient (Wildman–Crippen LogP) is 3.65. The average molecular weight is 406 g/mol. The van der Waals surface area contributed by atoms with E-state index in [1.807, 2.05) is 0 Å². The number of nitrogens with one attached hydrogen (secondary N) is 2. The molecule has 8 nitrogen and oxygen atoms in total. The van der Waals surface area contributed by atoms with Crippen molar-refractivity contribution in [2.45, 2.75) is 19.9 Å². The number of hydrogen-bond acceptors (Lipinski definition) is 5. The highest BCUT2D eigenvalue weighted by Gasteiger charge is 2.26. The van der Waals surface area contributed by atoms with Crippen LogP contribution in [0.1, 0.15) is 24.2 Å². The summed E-state index contributed by atoms with van der Waals surface area (Å²) in [7, 11) is 1.54. The number of benzene rings is 2. The summed E-state index contributed by atoms with van der Waals surface area (Å²) in [4.78, 5) is 35.5. The summed E-state index contributed by atoms with van der Waals surface area (Å²) in [5.74, 6) is -0.583. The number of carbonyl (C=O) groups is 2. The lowest BCUT2D eigenvalue weighted by Gasteiger charge is -2.22. The second-order valence-electron chi connectivity index (χ2n) is 6.34. The van der Waals surface area contributed by atoms with E-state index in [0.717, 1.165) is 6.07 Å². The van der Waals surface area contributed by atoms with Gasteiger partial charge in [-0.25, -0.2) is 0 Å². The standard InChI is InChI=1S/C19H20ClN3O5/c1-11(2)17(19(25)21-13-5-7-14(28-3)8-6-13)22-18(24)12-4-9-15(20)16(10-12)23(26)27/h4-11,17H,1-3H3,(H,21,25)(H,22,24)/t17-/m0/s1. The molecule has 1 atom stereocenters. The molecule has 0 saturated heterocycles. The zero-order valence-electron chi connectivity index (χ0n) is 15.6. The van der Waals surface area contributed by atoms with Gasteiger partial charge in [-0.1, -0.05) is 25.4 Å². The second-order valence-corrected chi connectivity index (χ2v) is 6.74. The van der Waals surface area contributed by atoms with Gasteiger partial charge in [-0.2, -0.15) is 0 Å². The Morgan fingerprint density at radius 1 is 1.14 bits per heavy atom. The molecule has 28 heavy (non-hydrogen) atoms. The van der Waals surface area contributed by atoms with Gasteiger partial charge in [0.2, 0.25) is 5.91 Å². The summed E-state index contributed by atoms with van der Waals surface area (Å²) < 4.78 is 5.07. The van der Waals surface area contributed by atoms with Crippen LogP contribution in [-0.2, 0) is 4.79 Å². The zero-order valence-corrected chi connectivity index (χ0v) is 16.3. The number of ether oxygens (including phenoxy) is 1. The Bertz CT molecular complexity index is 884. The Kier molecular flexibility index (Phi) is 6.94. The minimum Gasteiger partial charge on any atom is -0.497 e. The van der Waals surface area contributed by atoms with Crippen molar-refractivity contribution in [2.75, 3.05) is 12.4 Å². The van der Waals surface area contributed by atoms with Crippen molar-refractivity contribution in [3.63, 3.8) is 0 Å². The Hall–Kier alpha value is -3.13. The number of nitro benzene ring substituents is 1. The molecular weight excluding hydrogens is 386 g/mol. The molecule has 0 saturated carbocycles. The third-order valence-electron chi connectivity index (χ3n) is 4.00. The fourth-order valence-corrected chi connectivity index (χ4v) is 2.63. The van der Waals surface area contributed by atoms with E-state index in [4.69, 9.17) is 16.3 Å². The molecule has 0 aliphatic rings. The van der Waals surface area contributed by atoms with Crippen LogP contribution in [0, 0.1) is 16.0 Å². The van der Waals surface area contributed by atoms with Gasteiger partial charge in [-0.15, -0.1) is 0 Å². The van der Waals surface area contributed by atoms with Crippen LogP contribution in [-0.4, -0.2) is 29.9 Å². The summed E-state index contributed by atoms with van der Waals surface area (Å²) in [6, 6.07) is 9.63. The molecule has 2 aromatic rings. The van der Waals surface area contributed by atoms with Gasteiger partial charge in [0.25, 0.3) is 11.6 Å². The highest BCUT2D eigenvalue weighted by molar-refractivity contribution is 6.32. The van der Waals surface area contributed by atoms with Gasteiger partial charge in [0, 0.05) is 17.3 Å². The van der Waals surface area contributed by atoms with E-state index in [9.17, 15) is 19.7 Å². The first-order chi connectivity index (χ1) is 13.2. The summed E-state index contributed by atoms with van der Waals surface area (Å²) in [6.45, 7) is 3.56. The van der Waals surface area contributed by atoms with E-state index in [-0.39, 0.29) is 22.2 Å². The molecule has 148 valence electrons. The number of methoxy groups -OCH3 is 1. The van der Waals surface area contributed by atoms with E-state index in [2.05, 4.69) is 10.6 Å². The van der Waals surface area contributed by atoms with Crippen LogP contribution < -0.4 is 15.4 Å². The normalized spacial score (nSPS) is 11.6. The van der Waals surface area contributed by atoms with Crippen LogP contribution in [0.4, 0.5) is 11.4 Å². The third-order valence-corrected chi connectivity index (χ3v) is 4.32. The average Bonchev–Trinajstić information content (AvgIpc) is 2.66. The largest absolute Gasteiger partial charge is 0.497 e. The number of nitro groups is 1. The van der Waals surface area contributed by atoms with Gasteiger partial charge < -0.3 is 15.4 Å². The Balaban J connectivity index is 2.15. The molecule has 0 aliphatic heterocycles. The number of rotatable bonds is 7. The highest BCUT2D eigenvalue weighted by Crippen LogP contribution is 2.25. The highest BCUT2D eigenvalue weighted by atomic mass is 35.5. The minimum absolute atomic E-state index is 0.0407. The van der Waals surface area contributed by atoms with Crippen LogP contribution in [0.5, 0.6) is 5.75 Å². The number of carbonyl (C=O) groups excluding carboxylic acids is 2. The molecule has 0 heterocycles. The van der Waals surface area contributed by atoms with E-state index < -0.39 is 22.8 Å². The molecule has 2 N–H and O–H groups in total. The van der Waals surface area contributed by atoms with Crippen LogP contribution in [0.15, 0.2) is 42.5 Å². The fraction of sp³-hybridized carbons (Fsp3) is 0.263. The summed E-state index contributed by atoms with van der Waals surface area (Å²) in [6.07, 6.45) is 0. The van der Waals surface area contributed by atoms with Crippen LogP contribution >= 0.6 is 11.6 Å². The first-order valence-electron chi connectivity index (χ1n) is 8.42. The van der Waals surface area contributed by atoms with Gasteiger partial charge in [-0.05, 0) is 42.3 Å². The number of halogens is 1. The van der Waals surface area contributed by atoms with Crippen molar-refractivity contribution in [3.05, 3.63) is 63.2 Å². The summed E-state index contributed by atoms with van der Waals surface area (Å²) in [5.41, 5.74) is 0.213. The molecule has 0 fully saturated rings. The molecule has 0 aliphatic carbocycles. The fourth-order valence-electron chi connectivity index (χ4n) is 2.45. The Morgan fingerprint density at radius 3 is 2.32 bits per heavy atom. The predicted molar refractivity (Wildman–Crippen MR) is 106 cm³/mol. The van der Waals surface area contributed by atoms with Crippen LogP contribution in [0.3, 0.4) is 0 Å². The molecule has 9 heteroatoms. The molecular formula is C19H20ClN3O5. The van der Waals surface area contributed by atoms with E-state index >= 15 is 0 Å². The first-order valence-corrected chi connectivity index (χ1v) is 8.80. The molecule has 2 aromatic carbocycles. The molecule has 0 aromatic heterocycles. The van der Waals surface area contributed by atoms with E-state index in [1.165, 1.54) is 12.1 Å². The maximum Gasteiger partial charge on any atom is 0.288 e. The van der Waals surface area contributed by atoms with Crippen molar-refractivity contribution in [3.8, 4) is 5.75 Å². The van der Waals surface area contributed by atoms with Crippen LogP contribution in [0.2, 0.25) is 5.02 Å². The Morgan fingerprint density at radius 2 is 1.79 bits per heavy atom. The molecule has 0 radical (unpaired) electrons. The lowest BCUT2D eigenvalue weighted by Crippen LogP contribution is -2.47. The summed E-state index contributed by atoms with van der Waals surface area (Å²) in [5, 5.41) is 16.3.